The van der Waals surface area contributed by atoms with Crippen LogP contribution in [-0.4, -0.2) is 11.8 Å². The minimum Gasteiger partial charge on any atom is -0.457 e. The maximum atomic E-state index is 13.7. The van der Waals surface area contributed by atoms with Gasteiger partial charge in [0.2, 0.25) is 0 Å². The second-order valence-electron chi connectivity index (χ2n) is 9.58. The van der Waals surface area contributed by atoms with Crippen LogP contribution in [0.1, 0.15) is 60.8 Å². The van der Waals surface area contributed by atoms with Crippen LogP contribution in [0.25, 0.3) is 0 Å². The molecule has 2 aliphatic rings. The number of aryl methyl sites for hydroxylation is 1. The molecule has 0 fully saturated rings. The number of dihydropyridines is 1. The number of Topliss-reactive ketones (excluding diaryl/α,β-unsaturated/α-hetero) is 1. The minimum atomic E-state index is -0.445. The van der Waals surface area contributed by atoms with Gasteiger partial charge in [0.1, 0.15) is 6.61 Å². The van der Waals surface area contributed by atoms with Crippen molar-refractivity contribution < 1.29 is 14.3 Å². The molecule has 3 aromatic rings. The normalized spacial score (nSPS) is 19.6. The number of esters is 1. The van der Waals surface area contributed by atoms with Gasteiger partial charge in [0, 0.05) is 29.3 Å². The highest BCUT2D eigenvalue weighted by Gasteiger charge is 2.41. The highest BCUT2D eigenvalue weighted by molar-refractivity contribution is 6.04. The number of carbonyl (C=O) groups is 2. The summed E-state index contributed by atoms with van der Waals surface area (Å²) in [5.41, 5.74) is 7.13. The van der Waals surface area contributed by atoms with Crippen LogP contribution >= 0.6 is 0 Å². The molecule has 182 valence electrons. The summed E-state index contributed by atoms with van der Waals surface area (Å²) in [6.45, 7) is 4.21. The number of benzene rings is 3. The first kappa shape index (κ1) is 23.8. The van der Waals surface area contributed by atoms with Crippen LogP contribution in [0.3, 0.4) is 0 Å². The van der Waals surface area contributed by atoms with Crippen molar-refractivity contribution >= 4 is 11.8 Å². The summed E-state index contributed by atoms with van der Waals surface area (Å²) in [4.78, 5) is 27.2. The van der Waals surface area contributed by atoms with Crippen molar-refractivity contribution in [3.8, 4) is 0 Å². The zero-order valence-corrected chi connectivity index (χ0v) is 20.8. The van der Waals surface area contributed by atoms with Gasteiger partial charge in [-0.05, 0) is 47.9 Å². The molecule has 2 atom stereocenters. The van der Waals surface area contributed by atoms with Crippen molar-refractivity contribution in [3.05, 3.63) is 130 Å². The molecule has 1 aliphatic heterocycles. The van der Waals surface area contributed by atoms with E-state index in [0.29, 0.717) is 17.6 Å². The van der Waals surface area contributed by atoms with Gasteiger partial charge < -0.3 is 10.1 Å². The quantitative estimate of drug-likeness (QED) is 0.420. The number of hydrogen-bond acceptors (Lipinski definition) is 4. The Morgan fingerprint density at radius 3 is 2.19 bits per heavy atom. The monoisotopic (exact) mass is 477 g/mol. The van der Waals surface area contributed by atoms with Gasteiger partial charge in [0.25, 0.3) is 0 Å². The molecule has 0 saturated heterocycles. The number of allylic oxidation sites excluding steroid dienone is 3. The Kier molecular flexibility index (Phi) is 6.86. The average molecular weight is 478 g/mol. The van der Waals surface area contributed by atoms with Crippen molar-refractivity contribution in [1.82, 2.24) is 5.32 Å². The maximum absolute atomic E-state index is 13.7. The summed E-state index contributed by atoms with van der Waals surface area (Å²) in [7, 11) is 0. The fourth-order valence-corrected chi connectivity index (χ4v) is 5.35. The Morgan fingerprint density at radius 2 is 1.53 bits per heavy atom. The van der Waals surface area contributed by atoms with Crippen LogP contribution in [0.15, 0.2) is 107 Å². The first-order valence-electron chi connectivity index (χ1n) is 12.6. The molecule has 0 unspecified atom stereocenters. The number of ether oxygens (including phenoxy) is 1. The number of carbonyl (C=O) groups excluding carboxylic acids is 2. The summed E-state index contributed by atoms with van der Waals surface area (Å²) in [5.74, 6) is -0.631. The van der Waals surface area contributed by atoms with Gasteiger partial charge in [-0.1, -0.05) is 91.9 Å². The van der Waals surface area contributed by atoms with Crippen LogP contribution in [0.4, 0.5) is 0 Å². The van der Waals surface area contributed by atoms with E-state index in [1.807, 2.05) is 67.6 Å². The molecule has 3 aromatic carbocycles. The molecule has 0 amide bonds. The molecular weight excluding hydrogens is 446 g/mol. The Morgan fingerprint density at radius 1 is 0.861 bits per heavy atom. The second-order valence-corrected chi connectivity index (χ2v) is 9.58. The topological polar surface area (TPSA) is 55.4 Å². The van der Waals surface area contributed by atoms with Gasteiger partial charge in [-0.2, -0.15) is 0 Å². The lowest BCUT2D eigenvalue weighted by molar-refractivity contribution is -0.140. The van der Waals surface area contributed by atoms with Crippen molar-refractivity contribution in [2.24, 2.45) is 0 Å². The summed E-state index contributed by atoms with van der Waals surface area (Å²) >= 11 is 0. The molecule has 4 nitrogen and oxygen atoms in total. The number of rotatable bonds is 6. The molecule has 36 heavy (non-hydrogen) atoms. The number of hydrogen-bond donors (Lipinski definition) is 1. The van der Waals surface area contributed by atoms with Gasteiger partial charge in [0.05, 0.1) is 5.57 Å². The van der Waals surface area contributed by atoms with E-state index < -0.39 is 11.9 Å². The molecule has 1 heterocycles. The lowest BCUT2D eigenvalue weighted by Gasteiger charge is -2.36. The zero-order chi connectivity index (χ0) is 25.1. The summed E-state index contributed by atoms with van der Waals surface area (Å²) < 4.78 is 5.77. The smallest absolute Gasteiger partial charge is 0.337 e. The highest BCUT2D eigenvalue weighted by atomic mass is 16.5. The van der Waals surface area contributed by atoms with Gasteiger partial charge in [0.15, 0.2) is 5.78 Å². The van der Waals surface area contributed by atoms with Crippen molar-refractivity contribution in [2.75, 3.05) is 0 Å². The minimum absolute atomic E-state index is 0.0861. The zero-order valence-electron chi connectivity index (χ0n) is 20.8. The molecule has 1 N–H and O–H groups in total. The summed E-state index contributed by atoms with van der Waals surface area (Å²) in [6.07, 6.45) is 2.09. The summed E-state index contributed by atoms with van der Waals surface area (Å²) in [6, 6.07) is 28.1. The largest absolute Gasteiger partial charge is 0.457 e. The van der Waals surface area contributed by atoms with Crippen LogP contribution in [0.2, 0.25) is 0 Å². The highest BCUT2D eigenvalue weighted by Crippen LogP contribution is 2.45. The van der Waals surface area contributed by atoms with Crippen molar-refractivity contribution in [2.45, 2.75) is 51.6 Å². The molecule has 0 aromatic heterocycles. The third-order valence-electron chi connectivity index (χ3n) is 7.25. The van der Waals surface area contributed by atoms with Crippen molar-refractivity contribution in [1.29, 1.82) is 0 Å². The van der Waals surface area contributed by atoms with E-state index >= 15 is 0 Å². The van der Waals surface area contributed by atoms with Gasteiger partial charge >= 0.3 is 5.97 Å². The Balaban J connectivity index is 1.51. The molecule has 5 rings (SSSR count). The first-order chi connectivity index (χ1) is 17.5. The molecule has 0 radical (unpaired) electrons. The lowest BCUT2D eigenvalue weighted by atomic mass is 9.71. The maximum Gasteiger partial charge on any atom is 0.337 e. The number of nitrogens with one attached hydrogen (secondary N) is 1. The van der Waals surface area contributed by atoms with E-state index in [9.17, 15) is 9.59 Å². The molecule has 4 heteroatoms. The van der Waals surface area contributed by atoms with E-state index in [1.165, 1.54) is 5.56 Å². The molecule has 0 spiro atoms. The summed E-state index contributed by atoms with van der Waals surface area (Å²) in [5, 5.41) is 3.44. The second kappa shape index (κ2) is 10.4. The van der Waals surface area contributed by atoms with E-state index in [1.54, 1.807) is 0 Å². The number of ketones is 1. The van der Waals surface area contributed by atoms with Crippen LogP contribution in [0, 0.1) is 0 Å². The van der Waals surface area contributed by atoms with Crippen LogP contribution < -0.4 is 5.32 Å². The van der Waals surface area contributed by atoms with Crippen molar-refractivity contribution in [3.63, 3.8) is 0 Å². The molecular formula is C32H31NO3. The van der Waals surface area contributed by atoms with Gasteiger partial charge in [-0.25, -0.2) is 4.79 Å². The fourth-order valence-electron chi connectivity index (χ4n) is 5.35. The van der Waals surface area contributed by atoms with E-state index in [-0.39, 0.29) is 18.3 Å². The SMILES string of the molecule is CCc1ccc([C@H]2C(C(=O)OCc3ccccc3)=C(C)NC3=C2C(=O)C[C@H](c2ccccc2)C3)cc1. The van der Waals surface area contributed by atoms with E-state index in [2.05, 4.69) is 36.5 Å². The van der Waals surface area contributed by atoms with Gasteiger partial charge in [-0.3, -0.25) is 4.79 Å². The Labute approximate surface area is 212 Å². The predicted octanol–water partition coefficient (Wildman–Crippen LogP) is 6.35. The first-order valence-corrected chi connectivity index (χ1v) is 12.6. The Bertz CT molecular complexity index is 1320. The predicted molar refractivity (Wildman–Crippen MR) is 141 cm³/mol. The molecule has 0 bridgehead atoms. The Hall–Kier alpha value is -3.92. The third kappa shape index (κ3) is 4.76. The fraction of sp³-hybridized carbons (Fsp3) is 0.250. The van der Waals surface area contributed by atoms with Crippen LogP contribution in [0.5, 0.6) is 0 Å². The van der Waals surface area contributed by atoms with E-state index in [4.69, 9.17) is 4.74 Å². The standard InChI is InChI=1S/C32H31NO3/c1-3-22-14-16-25(17-15-22)30-29(32(35)36-20-23-10-6-4-7-11-23)21(2)33-27-18-26(19-28(34)31(27)30)24-12-8-5-9-13-24/h4-17,26,30,33H,3,18-20H2,1-2H3/t26-,30+/m1/s1. The molecule has 1 aliphatic carbocycles. The average Bonchev–Trinajstić information content (AvgIpc) is 2.92. The van der Waals surface area contributed by atoms with E-state index in [0.717, 1.165) is 40.9 Å². The van der Waals surface area contributed by atoms with Crippen LogP contribution in [-0.2, 0) is 27.4 Å². The molecule has 0 saturated carbocycles. The van der Waals surface area contributed by atoms with Gasteiger partial charge in [-0.15, -0.1) is 0 Å². The lowest BCUT2D eigenvalue weighted by Crippen LogP contribution is -2.36. The third-order valence-corrected chi connectivity index (χ3v) is 7.25.